The molecular weight excluding hydrogens is 701 g/mol. The van der Waals surface area contributed by atoms with Crippen LogP contribution in [-0.4, -0.2) is 0 Å². The Labute approximate surface area is 350 Å². The molecule has 58 heavy (non-hydrogen) atoms. The molecule has 0 bridgehead atoms. The molecule has 0 aromatic heterocycles. The number of benzene rings is 5. The van der Waals surface area contributed by atoms with E-state index in [1.807, 2.05) is 13.0 Å². The lowest BCUT2D eigenvalue weighted by Gasteiger charge is -2.42. The molecule has 6 rings (SSSR count). The number of rotatable bonds is 13. The molecule has 0 aliphatic heterocycles. The number of allylic oxidation sites excluding steroid dienone is 8. The monoisotopic (exact) mass is 767 g/mol. The van der Waals surface area contributed by atoms with Crippen LogP contribution in [0.25, 0.3) is 21.5 Å². The van der Waals surface area contributed by atoms with Gasteiger partial charge in [0.1, 0.15) is 0 Å². The van der Waals surface area contributed by atoms with Gasteiger partial charge in [-0.25, -0.2) is 0 Å². The van der Waals surface area contributed by atoms with Crippen LogP contribution in [0.2, 0.25) is 0 Å². The largest absolute Gasteiger partial charge is 0.310 e. The van der Waals surface area contributed by atoms with E-state index in [1.165, 1.54) is 75.2 Å². The molecule has 1 aliphatic rings. The van der Waals surface area contributed by atoms with Crippen LogP contribution in [0.15, 0.2) is 163 Å². The highest BCUT2D eigenvalue weighted by atomic mass is 15.2. The van der Waals surface area contributed by atoms with E-state index in [1.54, 1.807) is 0 Å². The molecule has 0 amide bonds. The summed E-state index contributed by atoms with van der Waals surface area (Å²) in [6.07, 6.45) is 17.8. The zero-order valence-corrected chi connectivity index (χ0v) is 37.0. The first kappa shape index (κ1) is 42.3. The summed E-state index contributed by atoms with van der Waals surface area (Å²) < 4.78 is 0. The molecule has 2 nitrogen and oxygen atoms in total. The van der Waals surface area contributed by atoms with Gasteiger partial charge in [0.15, 0.2) is 0 Å². The normalized spacial score (nSPS) is 18.9. The highest BCUT2D eigenvalue weighted by molar-refractivity contribution is 6.22. The second-order valence-corrected chi connectivity index (χ2v) is 17.8. The molecule has 1 fully saturated rings. The van der Waals surface area contributed by atoms with Crippen molar-refractivity contribution in [1.29, 1.82) is 0 Å². The quantitative estimate of drug-likeness (QED) is 0.0669. The zero-order chi connectivity index (χ0) is 41.7. The van der Waals surface area contributed by atoms with E-state index in [0.29, 0.717) is 11.8 Å². The number of hydrogen-bond donors (Lipinski definition) is 0. The molecule has 0 heterocycles. The summed E-state index contributed by atoms with van der Waals surface area (Å²) >= 11 is 0. The maximum absolute atomic E-state index is 4.40. The van der Waals surface area contributed by atoms with Crippen LogP contribution in [0.5, 0.6) is 0 Å². The van der Waals surface area contributed by atoms with E-state index < -0.39 is 0 Å². The van der Waals surface area contributed by atoms with Crippen molar-refractivity contribution in [2.45, 2.75) is 106 Å². The van der Waals surface area contributed by atoms with Gasteiger partial charge in [0.2, 0.25) is 0 Å². The van der Waals surface area contributed by atoms with Gasteiger partial charge in [0.05, 0.1) is 11.4 Å². The maximum atomic E-state index is 4.40. The molecule has 1 aliphatic carbocycles. The first-order chi connectivity index (χ1) is 27.8. The molecular formula is C56H66N2. The third kappa shape index (κ3) is 8.87. The van der Waals surface area contributed by atoms with Crippen molar-refractivity contribution in [2.75, 3.05) is 9.80 Å². The SMILES string of the molecule is C=C/C(=C\C=C(C)C)N(C(/C=C\C(=C)C)=C/C)c1c2ccccc2c(N(c2ccc(C)cc2)c2ccc(C(C)C)cc2)c2cc(C3(C)CC(C)CC(CC)C3)ccc12. The predicted molar refractivity (Wildman–Crippen MR) is 257 cm³/mol. The van der Waals surface area contributed by atoms with Gasteiger partial charge in [-0.3, -0.25) is 0 Å². The summed E-state index contributed by atoms with van der Waals surface area (Å²) in [4.78, 5) is 4.92. The van der Waals surface area contributed by atoms with Crippen LogP contribution in [0.3, 0.4) is 0 Å². The van der Waals surface area contributed by atoms with Gasteiger partial charge in [0, 0.05) is 44.3 Å². The van der Waals surface area contributed by atoms with E-state index in [2.05, 4.69) is 207 Å². The van der Waals surface area contributed by atoms with Gasteiger partial charge in [-0.15, -0.1) is 0 Å². The van der Waals surface area contributed by atoms with Gasteiger partial charge in [-0.05, 0) is 137 Å². The van der Waals surface area contributed by atoms with Crippen molar-refractivity contribution in [2.24, 2.45) is 11.8 Å². The van der Waals surface area contributed by atoms with Gasteiger partial charge in [-0.2, -0.15) is 0 Å². The third-order valence-electron chi connectivity index (χ3n) is 12.2. The summed E-state index contributed by atoms with van der Waals surface area (Å²) in [5.41, 5.74) is 13.0. The average molecular weight is 767 g/mol. The second-order valence-electron chi connectivity index (χ2n) is 17.8. The van der Waals surface area contributed by atoms with Crippen molar-refractivity contribution in [3.63, 3.8) is 0 Å². The minimum absolute atomic E-state index is 0.0667. The molecule has 0 spiro atoms. The zero-order valence-electron chi connectivity index (χ0n) is 37.0. The second kappa shape index (κ2) is 18.1. The van der Waals surface area contributed by atoms with Crippen LogP contribution in [0.1, 0.15) is 111 Å². The highest BCUT2D eigenvalue weighted by Crippen LogP contribution is 2.52. The van der Waals surface area contributed by atoms with Crippen LogP contribution >= 0.6 is 0 Å². The van der Waals surface area contributed by atoms with E-state index >= 15 is 0 Å². The fraction of sp³-hybridized carbons (Fsp3) is 0.321. The Balaban J connectivity index is 1.81. The van der Waals surface area contributed by atoms with Crippen LogP contribution < -0.4 is 9.80 Å². The first-order valence-electron chi connectivity index (χ1n) is 21.5. The minimum Gasteiger partial charge on any atom is -0.310 e. The number of fused-ring (bicyclic) bond motifs is 2. The van der Waals surface area contributed by atoms with Gasteiger partial charge in [-0.1, -0.05) is 150 Å². The van der Waals surface area contributed by atoms with Gasteiger partial charge >= 0.3 is 0 Å². The lowest BCUT2D eigenvalue weighted by atomic mass is 9.63. The lowest BCUT2D eigenvalue weighted by molar-refractivity contribution is 0.179. The molecule has 5 aromatic rings. The minimum atomic E-state index is 0.0667. The van der Waals surface area contributed by atoms with Crippen LogP contribution in [0.4, 0.5) is 22.7 Å². The third-order valence-corrected chi connectivity index (χ3v) is 12.2. The molecule has 0 saturated heterocycles. The van der Waals surface area contributed by atoms with E-state index in [-0.39, 0.29) is 5.41 Å². The molecule has 0 N–H and O–H groups in total. The smallest absolute Gasteiger partial charge is 0.0620 e. The van der Waals surface area contributed by atoms with E-state index in [0.717, 1.165) is 39.9 Å². The van der Waals surface area contributed by atoms with Gasteiger partial charge < -0.3 is 9.80 Å². The molecule has 0 radical (unpaired) electrons. The Morgan fingerprint density at radius 1 is 0.793 bits per heavy atom. The van der Waals surface area contributed by atoms with Crippen molar-refractivity contribution in [3.8, 4) is 0 Å². The summed E-state index contributed by atoms with van der Waals surface area (Å²) in [7, 11) is 0. The molecule has 3 unspecified atom stereocenters. The average Bonchev–Trinajstić information content (AvgIpc) is 3.20. The summed E-state index contributed by atoms with van der Waals surface area (Å²) in [5.74, 6) is 1.85. The lowest BCUT2D eigenvalue weighted by Crippen LogP contribution is -2.33. The summed E-state index contributed by atoms with van der Waals surface area (Å²) in [5, 5.41) is 4.80. The number of aryl methyl sites for hydroxylation is 1. The topological polar surface area (TPSA) is 6.48 Å². The van der Waals surface area contributed by atoms with E-state index in [9.17, 15) is 0 Å². The molecule has 1 saturated carbocycles. The van der Waals surface area contributed by atoms with Crippen molar-refractivity contribution >= 4 is 44.3 Å². The Morgan fingerprint density at radius 2 is 1.41 bits per heavy atom. The number of hydrogen-bond acceptors (Lipinski definition) is 2. The number of nitrogens with zero attached hydrogens (tertiary/aromatic N) is 2. The van der Waals surface area contributed by atoms with Crippen molar-refractivity contribution in [1.82, 2.24) is 0 Å². The number of anilines is 4. The molecule has 2 heteroatoms. The molecule has 5 aromatic carbocycles. The Bertz CT molecular complexity index is 2390. The fourth-order valence-electron chi connectivity index (χ4n) is 9.29. The Kier molecular flexibility index (Phi) is 13.2. The fourth-order valence-corrected chi connectivity index (χ4v) is 9.29. The highest BCUT2D eigenvalue weighted by Gasteiger charge is 2.37. The summed E-state index contributed by atoms with van der Waals surface area (Å²) in [6.45, 7) is 31.1. The predicted octanol–water partition coefficient (Wildman–Crippen LogP) is 16.9. The van der Waals surface area contributed by atoms with Crippen molar-refractivity contribution < 1.29 is 0 Å². The van der Waals surface area contributed by atoms with Crippen LogP contribution in [-0.2, 0) is 5.41 Å². The molecule has 300 valence electrons. The first-order valence-corrected chi connectivity index (χ1v) is 21.5. The Morgan fingerprint density at radius 3 is 1.98 bits per heavy atom. The Hall–Kier alpha value is -5.34. The maximum Gasteiger partial charge on any atom is 0.0620 e. The van der Waals surface area contributed by atoms with Crippen molar-refractivity contribution in [3.05, 3.63) is 180 Å². The van der Waals surface area contributed by atoms with Crippen LogP contribution in [0, 0.1) is 18.8 Å². The van der Waals surface area contributed by atoms with E-state index in [4.69, 9.17) is 0 Å². The molecule has 3 atom stereocenters. The summed E-state index contributed by atoms with van der Waals surface area (Å²) in [6, 6.07) is 34.7. The standard InChI is InChI=1S/C56H66N2/c1-13-43-34-42(11)36-56(12,37-43)45-26-33-52-53(35-45)55(58(48-29-22-41(10)23-30-48)49-31-24-44(25-32-49)40(8)9)51-19-17-16-18-50(51)54(52)57(46(14-2)27-20-38(4)5)47(15-3)28-21-39(6)7/h14-33,35,40,42-43H,2,6,13,34,36-37H2,1,3-5,7-12H3/b28-21-,46-27+,47-15+. The van der Waals surface area contributed by atoms with Gasteiger partial charge in [0.25, 0.3) is 0 Å².